The molecule has 1 aromatic carbocycles. The molecular formula is C14H16N4OS. The molecule has 1 aliphatic rings. The molecule has 104 valence electrons. The van der Waals surface area contributed by atoms with Crippen molar-refractivity contribution in [3.8, 4) is 0 Å². The summed E-state index contributed by atoms with van der Waals surface area (Å²) in [5.74, 6) is 0.0966. The molecular weight excluding hydrogens is 272 g/mol. The van der Waals surface area contributed by atoms with Crippen LogP contribution in [0.1, 0.15) is 27.3 Å². The van der Waals surface area contributed by atoms with Gasteiger partial charge in [0.1, 0.15) is 5.01 Å². The van der Waals surface area contributed by atoms with Crippen molar-refractivity contribution >= 4 is 22.4 Å². The fourth-order valence-electron chi connectivity index (χ4n) is 2.41. The number of hydrogen-bond acceptors (Lipinski definition) is 5. The van der Waals surface area contributed by atoms with Gasteiger partial charge in [0.05, 0.1) is 6.54 Å². The first-order valence-corrected chi connectivity index (χ1v) is 7.47. The summed E-state index contributed by atoms with van der Waals surface area (Å²) >= 11 is 1.49. The fraction of sp³-hybridized carbons (Fsp3) is 0.357. The zero-order valence-electron chi connectivity index (χ0n) is 11.3. The molecule has 0 bridgehead atoms. The number of benzene rings is 1. The van der Waals surface area contributed by atoms with Crippen molar-refractivity contribution in [3.05, 3.63) is 40.4 Å². The van der Waals surface area contributed by atoms with Gasteiger partial charge >= 0.3 is 0 Å². The van der Waals surface area contributed by atoms with E-state index >= 15 is 0 Å². The minimum absolute atomic E-state index is 0.0966. The summed E-state index contributed by atoms with van der Waals surface area (Å²) in [6.45, 7) is 1.30. The Hall–Kier alpha value is -1.95. The second-order valence-corrected chi connectivity index (χ2v) is 5.80. The Labute approximate surface area is 121 Å². The molecule has 0 fully saturated rings. The lowest BCUT2D eigenvalue weighted by molar-refractivity contribution is 0.0748. The summed E-state index contributed by atoms with van der Waals surface area (Å²) in [6, 6.07) is 7.87. The first-order chi connectivity index (χ1) is 9.78. The summed E-state index contributed by atoms with van der Waals surface area (Å²) in [4.78, 5) is 14.5. The van der Waals surface area contributed by atoms with Gasteiger partial charge in [-0.3, -0.25) is 4.79 Å². The zero-order chi connectivity index (χ0) is 13.9. The maximum Gasteiger partial charge on any atom is 0.254 e. The normalized spacial score (nSPS) is 14.8. The largest absolute Gasteiger partial charge is 0.363 e. The molecule has 0 saturated carbocycles. The van der Waals surface area contributed by atoms with Gasteiger partial charge in [0.2, 0.25) is 5.13 Å². The van der Waals surface area contributed by atoms with Gasteiger partial charge in [-0.1, -0.05) is 29.5 Å². The molecule has 0 unspecified atom stereocenters. The standard InChI is InChI=1S/C14H16N4OS/c1-15-14-17-16-12(20-14)9-18-8-4-6-10-5-2-3-7-11(10)13(18)19/h2-3,5,7H,4,6,8-9H2,1H3,(H,15,17). The van der Waals surface area contributed by atoms with Crippen LogP contribution in [0, 0.1) is 0 Å². The number of nitrogens with zero attached hydrogens (tertiary/aromatic N) is 3. The van der Waals surface area contributed by atoms with Crippen LogP contribution < -0.4 is 5.32 Å². The van der Waals surface area contributed by atoms with Crippen LogP contribution in [0.5, 0.6) is 0 Å². The third-order valence-electron chi connectivity index (χ3n) is 3.42. The van der Waals surface area contributed by atoms with Crippen LogP contribution >= 0.6 is 11.3 Å². The summed E-state index contributed by atoms with van der Waals surface area (Å²) in [7, 11) is 1.82. The maximum absolute atomic E-state index is 12.6. The molecule has 2 heterocycles. The molecule has 1 aliphatic heterocycles. The molecule has 6 heteroatoms. The molecule has 1 aromatic heterocycles. The number of nitrogens with one attached hydrogen (secondary N) is 1. The molecule has 0 spiro atoms. The van der Waals surface area contributed by atoms with Gasteiger partial charge in [-0.15, -0.1) is 10.2 Å². The van der Waals surface area contributed by atoms with Gasteiger partial charge in [-0.2, -0.15) is 0 Å². The van der Waals surface area contributed by atoms with Crippen LogP contribution in [-0.4, -0.2) is 34.6 Å². The van der Waals surface area contributed by atoms with Gasteiger partial charge in [0.15, 0.2) is 0 Å². The highest BCUT2D eigenvalue weighted by atomic mass is 32.1. The van der Waals surface area contributed by atoms with Gasteiger partial charge in [-0.25, -0.2) is 0 Å². The van der Waals surface area contributed by atoms with Crippen molar-refractivity contribution in [2.75, 3.05) is 18.9 Å². The van der Waals surface area contributed by atoms with Crippen molar-refractivity contribution in [2.24, 2.45) is 0 Å². The van der Waals surface area contributed by atoms with E-state index in [1.165, 1.54) is 11.3 Å². The molecule has 0 atom stereocenters. The van der Waals surface area contributed by atoms with Gasteiger partial charge in [0, 0.05) is 19.2 Å². The molecule has 0 radical (unpaired) electrons. The van der Waals surface area contributed by atoms with Crippen molar-refractivity contribution < 1.29 is 4.79 Å². The Bertz CT molecular complexity index is 625. The molecule has 3 rings (SSSR count). The number of carbonyl (C=O) groups is 1. The van der Waals surface area contributed by atoms with Crippen molar-refractivity contribution in [2.45, 2.75) is 19.4 Å². The second-order valence-electron chi connectivity index (χ2n) is 4.74. The summed E-state index contributed by atoms with van der Waals surface area (Å²) in [5.41, 5.74) is 1.97. The summed E-state index contributed by atoms with van der Waals surface area (Å²) < 4.78 is 0. The highest BCUT2D eigenvalue weighted by molar-refractivity contribution is 7.15. The van der Waals surface area contributed by atoms with Crippen LogP contribution in [0.2, 0.25) is 0 Å². The Kier molecular flexibility index (Phi) is 3.64. The lowest BCUT2D eigenvalue weighted by atomic mass is 10.0. The van der Waals surface area contributed by atoms with Crippen molar-refractivity contribution in [3.63, 3.8) is 0 Å². The zero-order valence-corrected chi connectivity index (χ0v) is 12.1. The fourth-order valence-corrected chi connectivity index (χ4v) is 3.12. The number of rotatable bonds is 3. The van der Waals surface area contributed by atoms with Crippen LogP contribution in [-0.2, 0) is 13.0 Å². The smallest absolute Gasteiger partial charge is 0.254 e. The molecule has 0 aliphatic carbocycles. The van der Waals surface area contributed by atoms with E-state index in [0.717, 1.165) is 40.7 Å². The Morgan fingerprint density at radius 2 is 2.20 bits per heavy atom. The Morgan fingerprint density at radius 1 is 1.35 bits per heavy atom. The lowest BCUT2D eigenvalue weighted by Gasteiger charge is -2.19. The number of amides is 1. The average molecular weight is 288 g/mol. The number of hydrogen-bond donors (Lipinski definition) is 1. The minimum Gasteiger partial charge on any atom is -0.363 e. The number of fused-ring (bicyclic) bond motifs is 1. The topological polar surface area (TPSA) is 58.1 Å². The quantitative estimate of drug-likeness (QED) is 0.940. The number of carbonyl (C=O) groups excluding carboxylic acids is 1. The van der Waals surface area contributed by atoms with Crippen LogP contribution in [0.4, 0.5) is 5.13 Å². The van der Waals surface area contributed by atoms with Crippen molar-refractivity contribution in [1.29, 1.82) is 0 Å². The van der Waals surface area contributed by atoms with Crippen LogP contribution in [0.3, 0.4) is 0 Å². The number of aromatic nitrogens is 2. The average Bonchev–Trinajstić information content (AvgIpc) is 2.87. The van der Waals surface area contributed by atoms with Gasteiger partial charge in [0.25, 0.3) is 5.91 Å². The van der Waals surface area contributed by atoms with E-state index in [4.69, 9.17) is 0 Å². The van der Waals surface area contributed by atoms with E-state index in [-0.39, 0.29) is 5.91 Å². The number of anilines is 1. The van der Waals surface area contributed by atoms with E-state index in [9.17, 15) is 4.79 Å². The van der Waals surface area contributed by atoms with Crippen molar-refractivity contribution in [1.82, 2.24) is 15.1 Å². The van der Waals surface area contributed by atoms with E-state index < -0.39 is 0 Å². The van der Waals surface area contributed by atoms with E-state index in [1.807, 2.05) is 36.2 Å². The predicted octanol–water partition coefficient (Wildman–Crippen LogP) is 2.17. The molecule has 20 heavy (non-hydrogen) atoms. The third kappa shape index (κ3) is 2.51. The van der Waals surface area contributed by atoms with E-state index in [2.05, 4.69) is 15.5 Å². The second kappa shape index (κ2) is 5.58. The van der Waals surface area contributed by atoms with Gasteiger partial charge in [-0.05, 0) is 24.5 Å². The molecule has 5 nitrogen and oxygen atoms in total. The van der Waals surface area contributed by atoms with Crippen LogP contribution in [0.25, 0.3) is 0 Å². The Morgan fingerprint density at radius 3 is 3.00 bits per heavy atom. The molecule has 1 amide bonds. The summed E-state index contributed by atoms with van der Waals surface area (Å²) in [5, 5.41) is 12.7. The third-order valence-corrected chi connectivity index (χ3v) is 4.34. The van der Waals surface area contributed by atoms with E-state index in [0.29, 0.717) is 6.54 Å². The molecule has 2 aromatic rings. The SMILES string of the molecule is CNc1nnc(CN2CCCc3ccccc3C2=O)s1. The molecule has 1 N–H and O–H groups in total. The number of aryl methyl sites for hydroxylation is 1. The minimum atomic E-state index is 0.0966. The predicted molar refractivity (Wildman–Crippen MR) is 79.0 cm³/mol. The highest BCUT2D eigenvalue weighted by Crippen LogP contribution is 2.22. The van der Waals surface area contributed by atoms with Crippen LogP contribution in [0.15, 0.2) is 24.3 Å². The van der Waals surface area contributed by atoms with Gasteiger partial charge < -0.3 is 10.2 Å². The Balaban J connectivity index is 1.82. The lowest BCUT2D eigenvalue weighted by Crippen LogP contribution is -2.30. The summed E-state index contributed by atoms with van der Waals surface area (Å²) in [6.07, 6.45) is 1.94. The first kappa shape index (κ1) is 13.1. The maximum atomic E-state index is 12.6. The highest BCUT2D eigenvalue weighted by Gasteiger charge is 2.23. The van der Waals surface area contributed by atoms with E-state index in [1.54, 1.807) is 0 Å². The monoisotopic (exact) mass is 288 g/mol. The molecule has 0 saturated heterocycles. The first-order valence-electron chi connectivity index (χ1n) is 6.65.